The van der Waals surface area contributed by atoms with Gasteiger partial charge in [0, 0.05) is 66.8 Å². The smallest absolute Gasteiger partial charge is 0.0283 e. The molecule has 12 rings (SSSR count). The fourth-order valence-electron chi connectivity index (χ4n) is 8.79. The number of aryl methyl sites for hydroxylation is 12. The van der Waals surface area contributed by atoms with Crippen molar-refractivity contribution in [3.05, 3.63) is 279 Å². The molecule has 0 amide bonds. The standard InChI is InChI=1S/C72H56/c1-49-9-13-53(5)67(37-49)31-21-59-41-60(22-32-68-38-50(2)10-14-54(68)6)44-63(43-59)25-35-71-47-57-17-27-65(71)29-19-58-18-28-66(30-20-57)72(48-58)36-26-64-45-61(23-33-69-39-51(3)11-15-55(69)7)42-62(46-64)24-34-70-40-52(4)12-16-56(70)8/h9-18,27-28,37-48H,19-20,29-30H2,1-8H3. The average molecular weight is 921 g/mol. The zero-order chi connectivity index (χ0) is 50.1. The Balaban J connectivity index is 1.02. The van der Waals surface area contributed by atoms with Crippen LogP contribution < -0.4 is 0 Å². The van der Waals surface area contributed by atoms with Crippen LogP contribution in [0.5, 0.6) is 0 Å². The first kappa shape index (κ1) is 48.2. The summed E-state index contributed by atoms with van der Waals surface area (Å²) in [5.41, 5.74) is 26.0. The van der Waals surface area contributed by atoms with Crippen LogP contribution in [0, 0.1) is 126 Å². The zero-order valence-corrected chi connectivity index (χ0v) is 42.7. The quantitative estimate of drug-likeness (QED) is 0.133. The van der Waals surface area contributed by atoms with Gasteiger partial charge in [0.25, 0.3) is 0 Å². The first-order valence-electron chi connectivity index (χ1n) is 24.8. The van der Waals surface area contributed by atoms with E-state index in [1.54, 1.807) is 0 Å². The normalized spacial score (nSPS) is 11.0. The first-order chi connectivity index (χ1) is 34.8. The van der Waals surface area contributed by atoms with Crippen LogP contribution in [0.4, 0.5) is 0 Å². The second-order valence-corrected chi connectivity index (χ2v) is 19.4. The molecule has 0 aliphatic heterocycles. The van der Waals surface area contributed by atoms with Gasteiger partial charge < -0.3 is 0 Å². The number of rotatable bonds is 0. The Labute approximate surface area is 429 Å². The van der Waals surface area contributed by atoms with Crippen molar-refractivity contribution >= 4 is 0 Å². The van der Waals surface area contributed by atoms with Crippen LogP contribution in [-0.2, 0) is 25.7 Å². The van der Waals surface area contributed by atoms with Crippen molar-refractivity contribution in [2.75, 3.05) is 0 Å². The number of benzene rings is 8. The molecular weight excluding hydrogens is 865 g/mol. The van der Waals surface area contributed by atoms with E-state index >= 15 is 0 Å². The van der Waals surface area contributed by atoms with Crippen molar-refractivity contribution in [2.24, 2.45) is 0 Å². The van der Waals surface area contributed by atoms with Crippen LogP contribution in [0.2, 0.25) is 0 Å². The Morgan fingerprint density at radius 3 is 0.736 bits per heavy atom. The maximum atomic E-state index is 3.62. The summed E-state index contributed by atoms with van der Waals surface area (Å²) in [5, 5.41) is 0. The van der Waals surface area contributed by atoms with Gasteiger partial charge >= 0.3 is 0 Å². The van der Waals surface area contributed by atoms with Gasteiger partial charge in [0.15, 0.2) is 0 Å². The molecule has 0 heteroatoms. The molecule has 344 valence electrons. The second kappa shape index (κ2) is 21.8. The van der Waals surface area contributed by atoms with Gasteiger partial charge in [-0.1, -0.05) is 144 Å². The van der Waals surface area contributed by atoms with E-state index in [9.17, 15) is 0 Å². The van der Waals surface area contributed by atoms with Gasteiger partial charge in [-0.15, -0.1) is 0 Å². The van der Waals surface area contributed by atoms with Crippen LogP contribution >= 0.6 is 0 Å². The Morgan fingerprint density at radius 1 is 0.222 bits per heavy atom. The van der Waals surface area contributed by atoms with Crippen LogP contribution in [0.15, 0.2) is 146 Å². The van der Waals surface area contributed by atoms with E-state index in [2.05, 4.69) is 272 Å². The van der Waals surface area contributed by atoms with Gasteiger partial charge in [-0.05, 0) is 221 Å². The van der Waals surface area contributed by atoms with Gasteiger partial charge in [0.1, 0.15) is 0 Å². The molecule has 0 nitrogen and oxygen atoms in total. The molecule has 0 unspecified atom stereocenters. The van der Waals surface area contributed by atoms with Crippen molar-refractivity contribution in [1.82, 2.24) is 0 Å². The summed E-state index contributed by atoms with van der Waals surface area (Å²) >= 11 is 0. The molecule has 0 saturated heterocycles. The molecule has 4 aliphatic carbocycles. The van der Waals surface area contributed by atoms with Crippen LogP contribution in [0.25, 0.3) is 0 Å². The van der Waals surface area contributed by atoms with Crippen molar-refractivity contribution in [3.8, 4) is 71.0 Å². The maximum Gasteiger partial charge on any atom is 0.0283 e. The topological polar surface area (TPSA) is 0 Å². The monoisotopic (exact) mass is 920 g/mol. The molecule has 0 aromatic heterocycles. The molecule has 0 N–H and O–H groups in total. The molecule has 4 aliphatic rings. The van der Waals surface area contributed by atoms with Gasteiger partial charge in [0.2, 0.25) is 0 Å². The Hall–Kier alpha value is -8.88. The van der Waals surface area contributed by atoms with Crippen LogP contribution in [0.3, 0.4) is 0 Å². The molecule has 8 aromatic rings. The highest BCUT2D eigenvalue weighted by molar-refractivity contribution is 5.60. The lowest BCUT2D eigenvalue weighted by Gasteiger charge is -2.13. The molecular formula is C72H56. The highest BCUT2D eigenvalue weighted by Crippen LogP contribution is 2.23. The number of hydrogen-bond donors (Lipinski definition) is 0. The lowest BCUT2D eigenvalue weighted by atomic mass is 9.91. The first-order valence-corrected chi connectivity index (χ1v) is 24.8. The summed E-state index contributed by atoms with van der Waals surface area (Å²) < 4.78 is 0. The molecule has 72 heavy (non-hydrogen) atoms. The van der Waals surface area contributed by atoms with E-state index in [0.29, 0.717) is 0 Å². The Morgan fingerprint density at radius 2 is 0.472 bits per heavy atom. The molecule has 0 atom stereocenters. The van der Waals surface area contributed by atoms with E-state index < -0.39 is 0 Å². The fraction of sp³-hybridized carbons (Fsp3) is 0.167. The SMILES string of the molecule is Cc1ccc(C)c(C#Cc2cc(C#Cc3cc(C)ccc3C)cc(C#Cc3cc4ccc3CCc3ccc(c(C#Cc5cc(C#Cc6cc(C)ccc6C)cc(C#Cc6cc(C)ccc6C)c5)c3)CC4)c2)c1. The van der Waals surface area contributed by atoms with E-state index in [1.807, 2.05) is 0 Å². The molecule has 8 aromatic carbocycles. The predicted octanol–water partition coefficient (Wildman–Crippen LogP) is 14.4. The summed E-state index contributed by atoms with van der Waals surface area (Å²) in [7, 11) is 0. The van der Waals surface area contributed by atoms with Crippen molar-refractivity contribution in [1.29, 1.82) is 0 Å². The molecule has 0 radical (unpaired) electrons. The van der Waals surface area contributed by atoms with Gasteiger partial charge in [-0.3, -0.25) is 0 Å². The molecule has 0 heterocycles. The summed E-state index contributed by atoms with van der Waals surface area (Å²) in [4.78, 5) is 0. The molecule has 0 spiro atoms. The lowest BCUT2D eigenvalue weighted by Crippen LogP contribution is -2.02. The van der Waals surface area contributed by atoms with E-state index in [4.69, 9.17) is 0 Å². The van der Waals surface area contributed by atoms with E-state index in [0.717, 1.165) is 115 Å². The lowest BCUT2D eigenvalue weighted by molar-refractivity contribution is 0.916. The van der Waals surface area contributed by atoms with Gasteiger partial charge in [-0.2, -0.15) is 0 Å². The van der Waals surface area contributed by atoms with Crippen molar-refractivity contribution < 1.29 is 0 Å². The molecule has 4 bridgehead atoms. The van der Waals surface area contributed by atoms with Crippen molar-refractivity contribution in [3.63, 3.8) is 0 Å². The van der Waals surface area contributed by atoms with Gasteiger partial charge in [0.05, 0.1) is 0 Å². The summed E-state index contributed by atoms with van der Waals surface area (Å²) in [6.45, 7) is 16.8. The minimum Gasteiger partial charge on any atom is -0.0616 e. The zero-order valence-electron chi connectivity index (χ0n) is 42.7. The summed E-state index contributed by atoms with van der Waals surface area (Å²) in [6, 6.07) is 51.8. The predicted molar refractivity (Wildman–Crippen MR) is 300 cm³/mol. The molecule has 0 saturated carbocycles. The highest BCUT2D eigenvalue weighted by atomic mass is 14.1. The Kier molecular flexibility index (Phi) is 14.6. The largest absolute Gasteiger partial charge is 0.0616 e. The fourth-order valence-corrected chi connectivity index (χ4v) is 8.79. The van der Waals surface area contributed by atoms with E-state index in [-0.39, 0.29) is 0 Å². The summed E-state index contributed by atoms with van der Waals surface area (Å²) in [6.07, 6.45) is 3.44. The van der Waals surface area contributed by atoms with Gasteiger partial charge in [-0.25, -0.2) is 0 Å². The van der Waals surface area contributed by atoms with E-state index in [1.165, 1.54) is 44.5 Å². The minimum atomic E-state index is 0.855. The third kappa shape index (κ3) is 12.5. The van der Waals surface area contributed by atoms with Crippen LogP contribution in [-0.4, -0.2) is 0 Å². The minimum absolute atomic E-state index is 0.855. The number of hydrogen-bond acceptors (Lipinski definition) is 0. The third-order valence-electron chi connectivity index (χ3n) is 13.2. The Bertz CT molecular complexity index is 3440. The van der Waals surface area contributed by atoms with Crippen LogP contribution in [0.1, 0.15) is 134 Å². The summed E-state index contributed by atoms with van der Waals surface area (Å²) in [5.74, 6) is 41.9. The molecule has 0 fully saturated rings. The highest BCUT2D eigenvalue weighted by Gasteiger charge is 2.11. The van der Waals surface area contributed by atoms with Crippen molar-refractivity contribution in [2.45, 2.75) is 81.1 Å². The second-order valence-electron chi connectivity index (χ2n) is 19.4. The third-order valence-corrected chi connectivity index (χ3v) is 13.2. The maximum absolute atomic E-state index is 3.62. The average Bonchev–Trinajstić information content (AvgIpc) is 3.37.